The van der Waals surface area contributed by atoms with Crippen LogP contribution in [-0.4, -0.2) is 13.8 Å². The molecule has 28 heavy (non-hydrogen) atoms. The third-order valence-corrected chi connectivity index (χ3v) is 5.67. The molecule has 0 saturated carbocycles. The molecular weight excluding hydrogens is 482 g/mol. The fraction of sp³-hybridized carbons (Fsp3) is 0.348. The molecule has 0 atom stereocenters. The molecule has 0 saturated heterocycles. The maximum absolute atomic E-state index is 9.13. The van der Waals surface area contributed by atoms with Crippen LogP contribution in [-0.2, 0) is 26.2 Å². The van der Waals surface area contributed by atoms with Gasteiger partial charge in [0, 0.05) is 0 Å². The largest absolute Gasteiger partial charge is 3.00 e. The Morgan fingerprint density at radius 3 is 1.89 bits per heavy atom. The minimum Gasteiger partial charge on any atom is -1.00 e. The van der Waals surface area contributed by atoms with E-state index in [0.717, 1.165) is 5.19 Å². The van der Waals surface area contributed by atoms with E-state index in [9.17, 15) is 0 Å². The van der Waals surface area contributed by atoms with Gasteiger partial charge in [0.25, 0.3) is 0 Å². The third-order valence-electron chi connectivity index (χ3n) is 4.50. The van der Waals surface area contributed by atoms with Crippen LogP contribution >= 0.6 is 0 Å². The number of benzene rings is 2. The van der Waals surface area contributed by atoms with Crippen molar-refractivity contribution in [3.05, 3.63) is 71.3 Å². The molecule has 3 rings (SSSR count). The molecule has 0 fully saturated rings. The Morgan fingerprint density at radius 1 is 0.893 bits per heavy atom. The number of hydrogen-bond donors (Lipinski definition) is 1. The molecule has 3 aromatic rings. The molecule has 5 heteroatoms. The van der Waals surface area contributed by atoms with Gasteiger partial charge in [-0.05, 0) is 23.6 Å². The smallest absolute Gasteiger partial charge is 1.00 e. The summed E-state index contributed by atoms with van der Waals surface area (Å²) in [6.07, 6.45) is 0. The zero-order valence-electron chi connectivity index (χ0n) is 17.6. The average molecular weight is 513 g/mol. The maximum atomic E-state index is 9.13. The fourth-order valence-corrected chi connectivity index (χ4v) is 3.69. The topological polar surface area (TPSA) is 20.2 Å². The molecule has 0 heterocycles. The Labute approximate surface area is 204 Å². The summed E-state index contributed by atoms with van der Waals surface area (Å²) in [6, 6.07) is 19.1. The van der Waals surface area contributed by atoms with Crippen molar-refractivity contribution in [2.24, 2.45) is 0 Å². The van der Waals surface area contributed by atoms with Gasteiger partial charge in [-0.3, -0.25) is 0 Å². The number of fused-ring (bicyclic) bond motifs is 1. The molecular formula is C23H30Cl2OSiZr. The quantitative estimate of drug-likeness (QED) is 0.375. The molecule has 0 amide bonds. The van der Waals surface area contributed by atoms with Gasteiger partial charge in [0.2, 0.25) is 9.04 Å². The minimum absolute atomic E-state index is 0. The van der Waals surface area contributed by atoms with Crippen molar-refractivity contribution in [3.63, 3.8) is 0 Å². The van der Waals surface area contributed by atoms with Gasteiger partial charge in [0.05, 0.1) is 0 Å². The Balaban J connectivity index is 0. The van der Waals surface area contributed by atoms with E-state index < -0.39 is 9.04 Å². The van der Waals surface area contributed by atoms with E-state index in [1.807, 2.05) is 36.9 Å². The minimum atomic E-state index is -1.21. The summed E-state index contributed by atoms with van der Waals surface area (Å²) in [5, 5.41) is 3.92. The van der Waals surface area contributed by atoms with Gasteiger partial charge >= 0.3 is 26.2 Å². The average Bonchev–Trinajstić information content (AvgIpc) is 2.95. The molecule has 0 spiro atoms. The molecule has 150 valence electrons. The summed E-state index contributed by atoms with van der Waals surface area (Å²) in [5.41, 5.74) is 4.33. The van der Waals surface area contributed by atoms with E-state index in [1.54, 1.807) is 0 Å². The molecule has 1 nitrogen and oxygen atoms in total. The molecule has 1 N–H and O–H groups in total. The van der Waals surface area contributed by atoms with Gasteiger partial charge in [-0.15, -0.1) is 28.5 Å². The molecule has 2 radical (unpaired) electrons. The Bertz CT molecular complexity index is 814. The number of halogens is 2. The van der Waals surface area contributed by atoms with Crippen molar-refractivity contribution < 1.29 is 55.8 Å². The number of rotatable bonds is 3. The van der Waals surface area contributed by atoms with Crippen molar-refractivity contribution in [3.8, 4) is 0 Å². The van der Waals surface area contributed by atoms with Crippen LogP contribution in [0.3, 0.4) is 0 Å². The van der Waals surface area contributed by atoms with Crippen molar-refractivity contribution in [1.82, 2.24) is 0 Å². The first-order valence-corrected chi connectivity index (χ1v) is 11.0. The van der Waals surface area contributed by atoms with Gasteiger partial charge in [-0.2, -0.15) is 6.07 Å². The van der Waals surface area contributed by atoms with Crippen molar-refractivity contribution in [2.75, 3.05) is 0 Å². The number of aryl methyl sites for hydroxylation is 1. The first-order valence-electron chi connectivity index (χ1n) is 9.08. The summed E-state index contributed by atoms with van der Waals surface area (Å²) in [6.45, 7) is 13.1. The first kappa shape index (κ1) is 29.9. The normalized spacial score (nSPS) is 10.1. The molecule has 0 bridgehead atoms. The van der Waals surface area contributed by atoms with Crippen LogP contribution < -0.4 is 30.0 Å². The summed E-state index contributed by atoms with van der Waals surface area (Å²) in [7, 11) is -1.21. The molecule has 0 aliphatic rings. The summed E-state index contributed by atoms with van der Waals surface area (Å²) in [5.74, 6) is 1.21. The van der Waals surface area contributed by atoms with E-state index in [2.05, 4.69) is 58.9 Å². The van der Waals surface area contributed by atoms with Crippen LogP contribution in [0.25, 0.3) is 10.8 Å². The van der Waals surface area contributed by atoms with Gasteiger partial charge in [-0.25, -0.2) is 0 Å². The van der Waals surface area contributed by atoms with Gasteiger partial charge in [-0.1, -0.05) is 82.1 Å². The number of hydrogen-bond acceptors (Lipinski definition) is 1. The SMILES string of the molecule is C[Si](O)c1ccccc1.Cc1cc2c(C(C)C)cc(C(C)C)cc2[cH-]1.[Cl-].[Cl-].[Zr+3]. The predicted octanol–water partition coefficient (Wildman–Crippen LogP) is -0.373. The van der Waals surface area contributed by atoms with E-state index in [-0.39, 0.29) is 51.0 Å². The second-order valence-electron chi connectivity index (χ2n) is 7.41. The van der Waals surface area contributed by atoms with Crippen molar-refractivity contribution in [1.29, 1.82) is 0 Å². The van der Waals surface area contributed by atoms with Gasteiger partial charge in [0.15, 0.2) is 0 Å². The fourth-order valence-electron chi connectivity index (χ4n) is 3.01. The van der Waals surface area contributed by atoms with Gasteiger partial charge < -0.3 is 29.6 Å². The molecule has 0 aliphatic heterocycles. The van der Waals surface area contributed by atoms with Crippen LogP contribution in [0.4, 0.5) is 0 Å². The van der Waals surface area contributed by atoms with E-state index >= 15 is 0 Å². The Kier molecular flexibility index (Phi) is 14.8. The molecule has 0 unspecified atom stereocenters. The van der Waals surface area contributed by atoms with E-state index in [1.165, 1.54) is 27.5 Å². The van der Waals surface area contributed by atoms with Crippen LogP contribution in [0.1, 0.15) is 56.2 Å². The second kappa shape index (κ2) is 13.8. The predicted molar refractivity (Wildman–Crippen MR) is 112 cm³/mol. The first-order chi connectivity index (χ1) is 11.8. The van der Waals surface area contributed by atoms with Crippen LogP contribution in [0, 0.1) is 6.92 Å². The summed E-state index contributed by atoms with van der Waals surface area (Å²) in [4.78, 5) is 9.13. The van der Waals surface area contributed by atoms with E-state index in [0.29, 0.717) is 11.8 Å². The monoisotopic (exact) mass is 510 g/mol. The van der Waals surface area contributed by atoms with Crippen molar-refractivity contribution >= 4 is 25.0 Å². The van der Waals surface area contributed by atoms with Crippen molar-refractivity contribution in [2.45, 2.75) is 53.0 Å². The molecule has 0 aromatic heterocycles. The van der Waals surface area contributed by atoms with Gasteiger partial charge in [0.1, 0.15) is 0 Å². The van der Waals surface area contributed by atoms with Crippen LogP contribution in [0.5, 0.6) is 0 Å². The summed E-state index contributed by atoms with van der Waals surface area (Å²) >= 11 is 0. The zero-order chi connectivity index (χ0) is 18.6. The third kappa shape index (κ3) is 8.20. The maximum Gasteiger partial charge on any atom is 3.00 e. The summed E-state index contributed by atoms with van der Waals surface area (Å²) < 4.78 is 0. The Hall–Kier alpha value is -0.310. The van der Waals surface area contributed by atoms with Crippen LogP contribution in [0.15, 0.2) is 54.6 Å². The van der Waals surface area contributed by atoms with Crippen LogP contribution in [0.2, 0.25) is 6.55 Å². The molecule has 3 aromatic carbocycles. The van der Waals surface area contributed by atoms with E-state index in [4.69, 9.17) is 4.80 Å². The second-order valence-corrected chi connectivity index (χ2v) is 9.15. The Morgan fingerprint density at radius 2 is 1.46 bits per heavy atom. The molecule has 0 aliphatic carbocycles. The standard InChI is InChI=1S/C16H21.C7H9OSi.2ClH.Zr/c1-10(2)13-8-14-6-12(5)7-16(14)15(9-13)11(3)4;1-9(8)7-5-3-2-4-6-7;;;/h6-11H,1-5H3;2-6,8H,1H3;2*1H;/q-1;;;;+3/p-2. The zero-order valence-corrected chi connectivity index (χ0v) is 22.5.